The summed E-state index contributed by atoms with van der Waals surface area (Å²) in [5, 5.41) is 0. The molecular formula is C14H17N3O2S. The van der Waals surface area contributed by atoms with Crippen molar-refractivity contribution in [2.75, 3.05) is 4.72 Å². The molecule has 1 aromatic carbocycles. The molecule has 0 radical (unpaired) electrons. The van der Waals surface area contributed by atoms with Crippen LogP contribution in [0.5, 0.6) is 0 Å². The third-order valence-corrected chi connectivity index (χ3v) is 3.97. The number of nitrogens with zero attached hydrogens (tertiary/aromatic N) is 2. The van der Waals surface area contributed by atoms with Gasteiger partial charge in [0.15, 0.2) is 0 Å². The van der Waals surface area contributed by atoms with Crippen LogP contribution < -0.4 is 4.72 Å². The standard InChI is InChI=1S/C14H17N3O2S/c1-11(2)8-12-9-15-14(16-10-12)17-20(18,19)13-6-4-3-5-7-13/h3-7,9-11H,8H2,1-2H3,(H,15,16,17). The highest BCUT2D eigenvalue weighted by Gasteiger charge is 2.14. The Kier molecular flexibility index (Phi) is 4.34. The summed E-state index contributed by atoms with van der Waals surface area (Å²) in [5.41, 5.74) is 0.989. The van der Waals surface area contributed by atoms with Gasteiger partial charge in [-0.05, 0) is 30.0 Å². The lowest BCUT2D eigenvalue weighted by Gasteiger charge is -2.07. The number of nitrogens with one attached hydrogen (secondary N) is 1. The average Bonchev–Trinajstić information content (AvgIpc) is 2.41. The fourth-order valence-corrected chi connectivity index (χ4v) is 2.74. The van der Waals surface area contributed by atoms with Crippen molar-refractivity contribution in [1.29, 1.82) is 0 Å². The number of rotatable bonds is 5. The van der Waals surface area contributed by atoms with E-state index >= 15 is 0 Å². The van der Waals surface area contributed by atoms with Gasteiger partial charge in [0.2, 0.25) is 5.95 Å². The minimum atomic E-state index is -3.62. The van der Waals surface area contributed by atoms with Crippen LogP contribution in [0, 0.1) is 5.92 Å². The van der Waals surface area contributed by atoms with Crippen LogP contribution in [0.2, 0.25) is 0 Å². The third-order valence-electron chi connectivity index (χ3n) is 2.63. The first-order chi connectivity index (χ1) is 9.47. The molecule has 1 aromatic heterocycles. The van der Waals surface area contributed by atoms with Crippen LogP contribution in [0.15, 0.2) is 47.6 Å². The predicted molar refractivity (Wildman–Crippen MR) is 77.8 cm³/mol. The van der Waals surface area contributed by atoms with E-state index in [4.69, 9.17) is 0 Å². The Morgan fingerprint density at radius 3 is 2.25 bits per heavy atom. The van der Waals surface area contributed by atoms with Gasteiger partial charge in [0.25, 0.3) is 10.0 Å². The number of hydrogen-bond donors (Lipinski definition) is 1. The molecule has 106 valence electrons. The quantitative estimate of drug-likeness (QED) is 0.918. The molecule has 2 aromatic rings. The molecule has 1 N–H and O–H groups in total. The number of benzene rings is 1. The average molecular weight is 291 g/mol. The molecule has 0 atom stereocenters. The highest BCUT2D eigenvalue weighted by Crippen LogP contribution is 2.13. The molecular weight excluding hydrogens is 274 g/mol. The number of sulfonamides is 1. The monoisotopic (exact) mass is 291 g/mol. The van der Waals surface area contributed by atoms with Crippen molar-refractivity contribution in [3.8, 4) is 0 Å². The van der Waals surface area contributed by atoms with Gasteiger partial charge < -0.3 is 0 Å². The van der Waals surface area contributed by atoms with E-state index in [1.807, 2.05) is 0 Å². The van der Waals surface area contributed by atoms with E-state index in [0.717, 1.165) is 12.0 Å². The first-order valence-electron chi connectivity index (χ1n) is 6.36. The van der Waals surface area contributed by atoms with Crippen LogP contribution in [-0.2, 0) is 16.4 Å². The van der Waals surface area contributed by atoms with Gasteiger partial charge in [-0.1, -0.05) is 32.0 Å². The van der Waals surface area contributed by atoms with Crippen LogP contribution in [0.4, 0.5) is 5.95 Å². The molecule has 0 saturated heterocycles. The highest BCUT2D eigenvalue weighted by molar-refractivity contribution is 7.92. The van der Waals surface area contributed by atoms with Crippen LogP contribution in [0.1, 0.15) is 19.4 Å². The topological polar surface area (TPSA) is 72.0 Å². The van der Waals surface area contributed by atoms with Crippen molar-refractivity contribution < 1.29 is 8.42 Å². The van der Waals surface area contributed by atoms with E-state index in [1.54, 1.807) is 30.6 Å². The molecule has 0 bridgehead atoms. The minimum absolute atomic E-state index is 0.0846. The molecule has 1 heterocycles. The lowest BCUT2D eigenvalue weighted by molar-refractivity contribution is 0.600. The maximum Gasteiger partial charge on any atom is 0.264 e. The van der Waals surface area contributed by atoms with Crippen LogP contribution in [0.3, 0.4) is 0 Å². The summed E-state index contributed by atoms with van der Waals surface area (Å²) < 4.78 is 26.5. The van der Waals surface area contributed by atoms with Crippen LogP contribution in [-0.4, -0.2) is 18.4 Å². The van der Waals surface area contributed by atoms with Crippen molar-refractivity contribution >= 4 is 16.0 Å². The second-order valence-electron chi connectivity index (χ2n) is 4.93. The van der Waals surface area contributed by atoms with Crippen molar-refractivity contribution in [2.45, 2.75) is 25.2 Å². The summed E-state index contributed by atoms with van der Waals surface area (Å²) in [7, 11) is -3.62. The zero-order valence-corrected chi connectivity index (χ0v) is 12.3. The Bertz CT molecular complexity index is 653. The third kappa shape index (κ3) is 3.77. The van der Waals surface area contributed by atoms with Crippen molar-refractivity contribution in [1.82, 2.24) is 9.97 Å². The fourth-order valence-electron chi connectivity index (χ4n) is 1.76. The zero-order valence-electron chi connectivity index (χ0n) is 11.4. The molecule has 0 unspecified atom stereocenters. The van der Waals surface area contributed by atoms with E-state index in [0.29, 0.717) is 5.92 Å². The van der Waals surface area contributed by atoms with Gasteiger partial charge in [0.05, 0.1) is 4.90 Å². The van der Waals surface area contributed by atoms with E-state index in [9.17, 15) is 8.42 Å². The minimum Gasteiger partial charge on any atom is -0.247 e. The molecule has 0 fully saturated rings. The van der Waals surface area contributed by atoms with Crippen molar-refractivity contribution in [3.63, 3.8) is 0 Å². The second kappa shape index (κ2) is 6.00. The molecule has 5 nitrogen and oxygen atoms in total. The van der Waals surface area contributed by atoms with Gasteiger partial charge in [-0.3, -0.25) is 0 Å². The summed E-state index contributed by atoms with van der Waals surface area (Å²) in [6.07, 6.45) is 4.16. The summed E-state index contributed by atoms with van der Waals surface area (Å²) >= 11 is 0. The molecule has 0 spiro atoms. The highest BCUT2D eigenvalue weighted by atomic mass is 32.2. The molecule has 0 saturated carbocycles. The first kappa shape index (κ1) is 14.5. The van der Waals surface area contributed by atoms with E-state index < -0.39 is 10.0 Å². The van der Waals surface area contributed by atoms with Crippen LogP contribution >= 0.6 is 0 Å². The Morgan fingerprint density at radius 1 is 1.10 bits per heavy atom. The summed E-state index contributed by atoms with van der Waals surface area (Å²) in [5.74, 6) is 0.590. The second-order valence-corrected chi connectivity index (χ2v) is 6.61. The number of aromatic nitrogens is 2. The number of hydrogen-bond acceptors (Lipinski definition) is 4. The molecule has 2 rings (SSSR count). The first-order valence-corrected chi connectivity index (χ1v) is 7.84. The van der Waals surface area contributed by atoms with Crippen molar-refractivity contribution in [2.24, 2.45) is 5.92 Å². The van der Waals surface area contributed by atoms with Gasteiger partial charge in [-0.2, -0.15) is 0 Å². The lowest BCUT2D eigenvalue weighted by Crippen LogP contribution is -2.15. The van der Waals surface area contributed by atoms with Gasteiger partial charge in [-0.15, -0.1) is 0 Å². The molecule has 20 heavy (non-hydrogen) atoms. The van der Waals surface area contributed by atoms with E-state index in [2.05, 4.69) is 28.5 Å². The Labute approximate surface area is 119 Å². The lowest BCUT2D eigenvalue weighted by atomic mass is 10.1. The molecule has 0 aliphatic carbocycles. The Morgan fingerprint density at radius 2 is 1.70 bits per heavy atom. The van der Waals surface area contributed by atoms with Gasteiger partial charge in [-0.25, -0.2) is 23.1 Å². The maximum absolute atomic E-state index is 12.1. The van der Waals surface area contributed by atoms with E-state index in [-0.39, 0.29) is 10.8 Å². The largest absolute Gasteiger partial charge is 0.264 e. The van der Waals surface area contributed by atoms with Crippen LogP contribution in [0.25, 0.3) is 0 Å². The molecule has 6 heteroatoms. The molecule has 0 aliphatic heterocycles. The maximum atomic E-state index is 12.1. The summed E-state index contributed by atoms with van der Waals surface area (Å²) in [6, 6.07) is 8.14. The zero-order chi connectivity index (χ0) is 14.6. The fraction of sp³-hybridized carbons (Fsp3) is 0.286. The number of anilines is 1. The smallest absolute Gasteiger partial charge is 0.247 e. The normalized spacial score (nSPS) is 11.6. The van der Waals surface area contributed by atoms with Crippen molar-refractivity contribution in [3.05, 3.63) is 48.3 Å². The SMILES string of the molecule is CC(C)Cc1cnc(NS(=O)(=O)c2ccccc2)nc1. The Balaban J connectivity index is 2.14. The van der Waals surface area contributed by atoms with Gasteiger partial charge in [0.1, 0.15) is 0 Å². The van der Waals surface area contributed by atoms with E-state index in [1.165, 1.54) is 12.1 Å². The Hall–Kier alpha value is -1.95. The summed E-state index contributed by atoms with van der Waals surface area (Å²) in [6.45, 7) is 4.21. The van der Waals surface area contributed by atoms with Gasteiger partial charge in [0, 0.05) is 12.4 Å². The molecule has 0 aliphatic rings. The van der Waals surface area contributed by atoms with Gasteiger partial charge >= 0.3 is 0 Å². The summed E-state index contributed by atoms with van der Waals surface area (Å²) in [4.78, 5) is 8.27. The predicted octanol–water partition coefficient (Wildman–Crippen LogP) is 2.48. The molecule has 0 amide bonds.